The first-order valence-corrected chi connectivity index (χ1v) is 6.99. The monoisotopic (exact) mass is 286 g/mol. The maximum Gasteiger partial charge on any atom is 0.119 e. The standard InChI is InChI=1S/C16H18N2OS/c1-2-11-19-15-9-7-14(8-10-15)18-13-5-3-12(4-6-13)16(17)20/h3-10,18H,2,11H2,1H3,(H2,17,20). The summed E-state index contributed by atoms with van der Waals surface area (Å²) in [6.45, 7) is 2.83. The fourth-order valence-corrected chi connectivity index (χ4v) is 1.87. The Kier molecular flexibility index (Phi) is 4.96. The second-order valence-corrected chi connectivity index (χ2v) is 4.88. The molecule has 0 atom stereocenters. The lowest BCUT2D eigenvalue weighted by Crippen LogP contribution is -2.08. The van der Waals surface area contributed by atoms with Gasteiger partial charge in [0.15, 0.2) is 0 Å². The second kappa shape index (κ2) is 6.91. The zero-order valence-corrected chi connectivity index (χ0v) is 12.2. The van der Waals surface area contributed by atoms with E-state index >= 15 is 0 Å². The smallest absolute Gasteiger partial charge is 0.119 e. The van der Waals surface area contributed by atoms with Gasteiger partial charge in [-0.3, -0.25) is 0 Å². The highest BCUT2D eigenvalue weighted by molar-refractivity contribution is 7.80. The van der Waals surface area contributed by atoms with Crippen molar-refractivity contribution in [1.29, 1.82) is 0 Å². The van der Waals surface area contributed by atoms with E-state index in [1.54, 1.807) is 0 Å². The number of benzene rings is 2. The van der Waals surface area contributed by atoms with E-state index in [0.717, 1.165) is 35.7 Å². The van der Waals surface area contributed by atoms with Gasteiger partial charge in [0.2, 0.25) is 0 Å². The van der Waals surface area contributed by atoms with Crippen molar-refractivity contribution in [3.63, 3.8) is 0 Å². The second-order valence-electron chi connectivity index (χ2n) is 4.44. The zero-order valence-electron chi connectivity index (χ0n) is 11.4. The summed E-state index contributed by atoms with van der Waals surface area (Å²) in [7, 11) is 0. The summed E-state index contributed by atoms with van der Waals surface area (Å²) in [5.41, 5.74) is 8.44. The molecule has 0 aliphatic heterocycles. The van der Waals surface area contributed by atoms with Crippen molar-refractivity contribution >= 4 is 28.6 Å². The third-order valence-electron chi connectivity index (χ3n) is 2.79. The molecule has 20 heavy (non-hydrogen) atoms. The van der Waals surface area contributed by atoms with Crippen LogP contribution in [0, 0.1) is 0 Å². The van der Waals surface area contributed by atoms with E-state index in [-0.39, 0.29) is 0 Å². The van der Waals surface area contributed by atoms with E-state index in [0.29, 0.717) is 4.99 Å². The van der Waals surface area contributed by atoms with Gasteiger partial charge in [-0.05, 0) is 55.0 Å². The van der Waals surface area contributed by atoms with Crippen LogP contribution in [0.5, 0.6) is 5.75 Å². The van der Waals surface area contributed by atoms with Gasteiger partial charge in [-0.2, -0.15) is 0 Å². The molecule has 0 saturated heterocycles. The molecule has 0 aliphatic carbocycles. The summed E-state index contributed by atoms with van der Waals surface area (Å²) >= 11 is 4.93. The Balaban J connectivity index is 2.00. The molecule has 2 aromatic rings. The fraction of sp³-hybridized carbons (Fsp3) is 0.188. The van der Waals surface area contributed by atoms with Crippen molar-refractivity contribution in [2.24, 2.45) is 5.73 Å². The molecule has 104 valence electrons. The van der Waals surface area contributed by atoms with Gasteiger partial charge in [0.25, 0.3) is 0 Å². The molecule has 0 heterocycles. The zero-order chi connectivity index (χ0) is 14.4. The van der Waals surface area contributed by atoms with Crippen LogP contribution in [0.2, 0.25) is 0 Å². The van der Waals surface area contributed by atoms with Crippen molar-refractivity contribution < 1.29 is 4.74 Å². The molecule has 2 rings (SSSR count). The fourth-order valence-electron chi connectivity index (χ4n) is 1.74. The topological polar surface area (TPSA) is 47.3 Å². The highest BCUT2D eigenvalue weighted by Gasteiger charge is 1.98. The van der Waals surface area contributed by atoms with Crippen LogP contribution in [0.25, 0.3) is 0 Å². The number of anilines is 2. The highest BCUT2D eigenvalue weighted by Crippen LogP contribution is 2.20. The quantitative estimate of drug-likeness (QED) is 0.792. The van der Waals surface area contributed by atoms with Gasteiger partial charge in [-0.25, -0.2) is 0 Å². The lowest BCUT2D eigenvalue weighted by atomic mass is 10.2. The predicted molar refractivity (Wildman–Crippen MR) is 87.8 cm³/mol. The van der Waals surface area contributed by atoms with E-state index in [4.69, 9.17) is 22.7 Å². The first-order valence-electron chi connectivity index (χ1n) is 6.59. The van der Waals surface area contributed by atoms with E-state index < -0.39 is 0 Å². The Morgan fingerprint density at radius 2 is 1.60 bits per heavy atom. The van der Waals surface area contributed by atoms with Gasteiger partial charge >= 0.3 is 0 Å². The SMILES string of the molecule is CCCOc1ccc(Nc2ccc(C(N)=S)cc2)cc1. The Morgan fingerprint density at radius 1 is 1.05 bits per heavy atom. The molecule has 3 nitrogen and oxygen atoms in total. The predicted octanol–water partition coefficient (Wildman–Crippen LogP) is 3.85. The van der Waals surface area contributed by atoms with Crippen molar-refractivity contribution in [1.82, 2.24) is 0 Å². The minimum atomic E-state index is 0.411. The summed E-state index contributed by atoms with van der Waals surface area (Å²) in [6.07, 6.45) is 1.01. The van der Waals surface area contributed by atoms with Gasteiger partial charge in [-0.15, -0.1) is 0 Å². The molecule has 0 radical (unpaired) electrons. The first-order chi connectivity index (χ1) is 9.69. The largest absolute Gasteiger partial charge is 0.494 e. The number of hydrogen-bond acceptors (Lipinski definition) is 3. The lowest BCUT2D eigenvalue weighted by molar-refractivity contribution is 0.317. The summed E-state index contributed by atoms with van der Waals surface area (Å²) in [5.74, 6) is 0.890. The number of thiocarbonyl (C=S) groups is 1. The number of hydrogen-bond donors (Lipinski definition) is 2. The molecule has 0 aromatic heterocycles. The molecule has 0 bridgehead atoms. The summed E-state index contributed by atoms with van der Waals surface area (Å²) < 4.78 is 5.55. The molecule has 0 spiro atoms. The number of nitrogens with two attached hydrogens (primary N) is 1. The van der Waals surface area contributed by atoms with Crippen LogP contribution >= 0.6 is 12.2 Å². The van der Waals surface area contributed by atoms with Crippen molar-refractivity contribution in [3.8, 4) is 5.75 Å². The molecule has 4 heteroatoms. The lowest BCUT2D eigenvalue weighted by Gasteiger charge is -2.09. The molecule has 0 saturated carbocycles. The van der Waals surface area contributed by atoms with Crippen LogP contribution in [-0.4, -0.2) is 11.6 Å². The van der Waals surface area contributed by atoms with Gasteiger partial charge in [0.05, 0.1) is 6.61 Å². The van der Waals surface area contributed by atoms with Crippen LogP contribution in [0.3, 0.4) is 0 Å². The number of rotatable bonds is 6. The average molecular weight is 286 g/mol. The number of nitrogens with one attached hydrogen (secondary N) is 1. The Labute approximate surface area is 124 Å². The molecule has 2 aromatic carbocycles. The summed E-state index contributed by atoms with van der Waals surface area (Å²) in [4.78, 5) is 0.411. The van der Waals surface area contributed by atoms with Crippen molar-refractivity contribution in [3.05, 3.63) is 54.1 Å². The van der Waals surface area contributed by atoms with Gasteiger partial charge in [0.1, 0.15) is 10.7 Å². The molecule has 0 amide bonds. The highest BCUT2D eigenvalue weighted by atomic mass is 32.1. The minimum Gasteiger partial charge on any atom is -0.494 e. The minimum absolute atomic E-state index is 0.411. The van der Waals surface area contributed by atoms with E-state index in [1.807, 2.05) is 48.5 Å². The van der Waals surface area contributed by atoms with Crippen LogP contribution < -0.4 is 15.8 Å². The van der Waals surface area contributed by atoms with Crippen LogP contribution in [0.15, 0.2) is 48.5 Å². The average Bonchev–Trinajstić information content (AvgIpc) is 2.47. The van der Waals surface area contributed by atoms with E-state index in [9.17, 15) is 0 Å². The van der Waals surface area contributed by atoms with Crippen LogP contribution in [0.1, 0.15) is 18.9 Å². The molecule has 0 fully saturated rings. The van der Waals surface area contributed by atoms with E-state index in [2.05, 4.69) is 12.2 Å². The molecule has 3 N–H and O–H groups in total. The van der Waals surface area contributed by atoms with Crippen molar-refractivity contribution in [2.45, 2.75) is 13.3 Å². The summed E-state index contributed by atoms with van der Waals surface area (Å²) in [5, 5.41) is 3.31. The molecular weight excluding hydrogens is 268 g/mol. The van der Waals surface area contributed by atoms with Gasteiger partial charge in [0, 0.05) is 16.9 Å². The Hall–Kier alpha value is -2.07. The number of ether oxygens (including phenoxy) is 1. The molecular formula is C16H18N2OS. The summed E-state index contributed by atoms with van der Waals surface area (Å²) in [6, 6.07) is 15.6. The third kappa shape index (κ3) is 3.96. The van der Waals surface area contributed by atoms with Crippen LogP contribution in [-0.2, 0) is 0 Å². The maximum atomic E-state index is 5.57. The van der Waals surface area contributed by atoms with Crippen LogP contribution in [0.4, 0.5) is 11.4 Å². The normalized spacial score (nSPS) is 10.1. The first kappa shape index (κ1) is 14.3. The van der Waals surface area contributed by atoms with Gasteiger partial charge < -0.3 is 15.8 Å². The Morgan fingerprint density at radius 3 is 2.10 bits per heavy atom. The molecule has 0 unspecified atom stereocenters. The van der Waals surface area contributed by atoms with Crippen molar-refractivity contribution in [2.75, 3.05) is 11.9 Å². The van der Waals surface area contributed by atoms with Gasteiger partial charge in [-0.1, -0.05) is 19.1 Å². The maximum absolute atomic E-state index is 5.57. The van der Waals surface area contributed by atoms with E-state index in [1.165, 1.54) is 0 Å². The third-order valence-corrected chi connectivity index (χ3v) is 3.02. The molecule has 0 aliphatic rings. The Bertz CT molecular complexity index is 564.